The Labute approximate surface area is 163 Å². The number of ether oxygens (including phenoxy) is 2. The van der Waals surface area contributed by atoms with Gasteiger partial charge in [-0.1, -0.05) is 29.8 Å². The van der Waals surface area contributed by atoms with Crippen molar-refractivity contribution in [1.82, 2.24) is 9.62 Å². The number of nitrogens with zero attached hydrogens (tertiary/aromatic N) is 1. The van der Waals surface area contributed by atoms with Crippen LogP contribution in [0.3, 0.4) is 0 Å². The highest BCUT2D eigenvalue weighted by Crippen LogP contribution is 2.37. The van der Waals surface area contributed by atoms with E-state index in [4.69, 9.17) is 21.1 Å². The molecule has 9 heteroatoms. The number of fused-ring (bicyclic) bond motifs is 1. The van der Waals surface area contributed by atoms with Crippen LogP contribution in [0.4, 0.5) is 0 Å². The first-order valence-electron chi connectivity index (χ1n) is 7.94. The van der Waals surface area contributed by atoms with E-state index in [9.17, 15) is 8.42 Å². The van der Waals surface area contributed by atoms with Crippen molar-refractivity contribution < 1.29 is 17.9 Å². The van der Waals surface area contributed by atoms with Crippen LogP contribution in [0.2, 0.25) is 5.02 Å². The molecule has 6 nitrogen and oxygen atoms in total. The lowest BCUT2D eigenvalue weighted by atomic mass is 10.1. The maximum absolute atomic E-state index is 13.2. The summed E-state index contributed by atoms with van der Waals surface area (Å²) in [6.45, 7) is 1.57. The first kappa shape index (κ1) is 19.3. The third-order valence-electron chi connectivity index (χ3n) is 4.41. The molecule has 1 saturated heterocycles. The molecule has 1 fully saturated rings. The largest absolute Gasteiger partial charge is 0.454 e. The lowest BCUT2D eigenvalue weighted by Crippen LogP contribution is -2.48. The molecular formula is C17H18Cl2N2O4S. The lowest BCUT2D eigenvalue weighted by Gasteiger charge is -2.35. The highest BCUT2D eigenvalue weighted by Gasteiger charge is 2.36. The highest BCUT2D eigenvalue weighted by molar-refractivity contribution is 7.89. The van der Waals surface area contributed by atoms with Crippen LogP contribution in [0.15, 0.2) is 47.4 Å². The van der Waals surface area contributed by atoms with Crippen LogP contribution >= 0.6 is 24.0 Å². The lowest BCUT2D eigenvalue weighted by molar-refractivity contribution is 0.174. The molecule has 1 atom stereocenters. The summed E-state index contributed by atoms with van der Waals surface area (Å²) < 4.78 is 38.6. The summed E-state index contributed by atoms with van der Waals surface area (Å²) in [7, 11) is -3.70. The van der Waals surface area contributed by atoms with Gasteiger partial charge in [-0.25, -0.2) is 8.42 Å². The predicted molar refractivity (Wildman–Crippen MR) is 101 cm³/mol. The van der Waals surface area contributed by atoms with Gasteiger partial charge in [0.1, 0.15) is 0 Å². The Balaban J connectivity index is 0.00000196. The molecule has 2 aromatic rings. The Hall–Kier alpha value is -1.51. The SMILES string of the molecule is Cl.O=S(=O)(c1ccc2c(c1)OCO2)N1CCNCC1c1ccccc1Cl. The second kappa shape index (κ2) is 7.62. The molecule has 2 aliphatic rings. The van der Waals surface area contributed by atoms with Crippen LogP contribution in [0.1, 0.15) is 11.6 Å². The summed E-state index contributed by atoms with van der Waals surface area (Å²) in [6, 6.07) is 11.7. The molecule has 2 aliphatic heterocycles. The third-order valence-corrected chi connectivity index (χ3v) is 6.66. The van der Waals surface area contributed by atoms with Gasteiger partial charge < -0.3 is 14.8 Å². The summed E-state index contributed by atoms with van der Waals surface area (Å²) in [5, 5.41) is 3.80. The molecule has 0 saturated carbocycles. The summed E-state index contributed by atoms with van der Waals surface area (Å²) in [5.41, 5.74) is 0.792. The quantitative estimate of drug-likeness (QED) is 0.832. The average Bonchev–Trinajstić information content (AvgIpc) is 3.10. The molecule has 0 aliphatic carbocycles. The first-order chi connectivity index (χ1) is 12.1. The van der Waals surface area contributed by atoms with Crippen molar-refractivity contribution in [2.45, 2.75) is 10.9 Å². The van der Waals surface area contributed by atoms with E-state index in [1.165, 1.54) is 10.4 Å². The Morgan fingerprint density at radius 3 is 2.69 bits per heavy atom. The highest BCUT2D eigenvalue weighted by atomic mass is 35.5. The van der Waals surface area contributed by atoms with Crippen molar-refractivity contribution >= 4 is 34.0 Å². The Morgan fingerprint density at radius 2 is 1.88 bits per heavy atom. The minimum atomic E-state index is -3.70. The normalized spacial score (nSPS) is 19.8. The minimum absolute atomic E-state index is 0. The number of hydrogen-bond donors (Lipinski definition) is 1. The van der Waals surface area contributed by atoms with Crippen LogP contribution in [0.25, 0.3) is 0 Å². The van der Waals surface area contributed by atoms with E-state index >= 15 is 0 Å². The zero-order valence-electron chi connectivity index (χ0n) is 13.7. The van der Waals surface area contributed by atoms with E-state index in [1.54, 1.807) is 18.2 Å². The number of rotatable bonds is 3. The molecule has 1 unspecified atom stereocenters. The zero-order valence-corrected chi connectivity index (χ0v) is 16.1. The fourth-order valence-electron chi connectivity index (χ4n) is 3.16. The monoisotopic (exact) mass is 416 g/mol. The fraction of sp³-hybridized carbons (Fsp3) is 0.294. The molecular weight excluding hydrogens is 399 g/mol. The summed E-state index contributed by atoms with van der Waals surface area (Å²) in [6.07, 6.45) is 0. The number of hydrogen-bond acceptors (Lipinski definition) is 5. The van der Waals surface area contributed by atoms with Crippen LogP contribution in [-0.2, 0) is 10.0 Å². The van der Waals surface area contributed by atoms with Crippen molar-refractivity contribution in [3.05, 3.63) is 53.1 Å². The molecule has 0 aromatic heterocycles. The average molecular weight is 417 g/mol. The summed E-state index contributed by atoms with van der Waals surface area (Å²) >= 11 is 6.31. The number of benzene rings is 2. The van der Waals surface area contributed by atoms with Gasteiger partial charge in [-0.3, -0.25) is 0 Å². The van der Waals surface area contributed by atoms with Crippen LogP contribution in [0.5, 0.6) is 11.5 Å². The molecule has 2 aromatic carbocycles. The van der Waals surface area contributed by atoms with E-state index in [2.05, 4.69) is 5.32 Å². The minimum Gasteiger partial charge on any atom is -0.454 e. The van der Waals surface area contributed by atoms with Crippen molar-refractivity contribution in [3.63, 3.8) is 0 Å². The van der Waals surface area contributed by atoms with Crippen LogP contribution < -0.4 is 14.8 Å². The van der Waals surface area contributed by atoms with Crippen molar-refractivity contribution in [3.8, 4) is 11.5 Å². The van der Waals surface area contributed by atoms with Gasteiger partial charge in [0.2, 0.25) is 16.8 Å². The Bertz CT molecular complexity index is 907. The number of nitrogens with one attached hydrogen (secondary N) is 1. The second-order valence-corrected chi connectivity index (χ2v) is 8.17. The molecule has 0 amide bonds. The van der Waals surface area contributed by atoms with E-state index in [0.717, 1.165) is 5.56 Å². The molecule has 0 radical (unpaired) electrons. The summed E-state index contributed by atoms with van der Waals surface area (Å²) in [5.74, 6) is 1.01. The molecule has 0 bridgehead atoms. The van der Waals surface area contributed by atoms with Crippen molar-refractivity contribution in [1.29, 1.82) is 0 Å². The van der Waals surface area contributed by atoms with Gasteiger partial charge in [0, 0.05) is 30.7 Å². The Kier molecular flexibility index (Phi) is 5.64. The van der Waals surface area contributed by atoms with E-state index < -0.39 is 10.0 Å². The fourth-order valence-corrected chi connectivity index (χ4v) is 5.04. The van der Waals surface area contributed by atoms with Gasteiger partial charge in [-0.05, 0) is 23.8 Å². The smallest absolute Gasteiger partial charge is 0.243 e. The van der Waals surface area contributed by atoms with E-state index in [0.29, 0.717) is 36.2 Å². The molecule has 1 N–H and O–H groups in total. The van der Waals surface area contributed by atoms with Crippen LogP contribution in [-0.4, -0.2) is 39.2 Å². The maximum Gasteiger partial charge on any atom is 0.243 e. The van der Waals surface area contributed by atoms with Crippen molar-refractivity contribution in [2.24, 2.45) is 0 Å². The van der Waals surface area contributed by atoms with E-state index in [1.807, 2.05) is 18.2 Å². The van der Waals surface area contributed by atoms with Gasteiger partial charge in [0.25, 0.3) is 0 Å². The van der Waals surface area contributed by atoms with Gasteiger partial charge in [-0.15, -0.1) is 12.4 Å². The van der Waals surface area contributed by atoms with E-state index in [-0.39, 0.29) is 30.1 Å². The summed E-state index contributed by atoms with van der Waals surface area (Å²) in [4.78, 5) is 0.190. The molecule has 140 valence electrons. The number of piperazine rings is 1. The Morgan fingerprint density at radius 1 is 1.12 bits per heavy atom. The maximum atomic E-state index is 13.2. The van der Waals surface area contributed by atoms with Crippen molar-refractivity contribution in [2.75, 3.05) is 26.4 Å². The number of sulfonamides is 1. The topological polar surface area (TPSA) is 67.9 Å². The second-order valence-electron chi connectivity index (χ2n) is 5.87. The predicted octanol–water partition coefficient (Wildman–Crippen LogP) is 2.83. The number of halogens is 2. The van der Waals surface area contributed by atoms with Gasteiger partial charge in [0.15, 0.2) is 11.5 Å². The third kappa shape index (κ3) is 3.37. The molecule has 2 heterocycles. The molecule has 4 rings (SSSR count). The first-order valence-corrected chi connectivity index (χ1v) is 9.76. The zero-order chi connectivity index (χ0) is 17.4. The van der Waals surface area contributed by atoms with Gasteiger partial charge in [-0.2, -0.15) is 4.31 Å². The molecule has 26 heavy (non-hydrogen) atoms. The van der Waals surface area contributed by atoms with Crippen LogP contribution in [0, 0.1) is 0 Å². The van der Waals surface area contributed by atoms with Gasteiger partial charge >= 0.3 is 0 Å². The van der Waals surface area contributed by atoms with Gasteiger partial charge in [0.05, 0.1) is 10.9 Å². The standard InChI is InChI=1S/C17H17ClN2O4S.ClH/c18-14-4-2-1-3-13(14)15-10-19-7-8-20(15)25(21,22)12-5-6-16-17(9-12)24-11-23-16;/h1-6,9,15,19H,7-8,10-11H2;1H. The molecule has 0 spiro atoms.